The molecule has 0 aliphatic rings. The summed E-state index contributed by atoms with van der Waals surface area (Å²) in [5.41, 5.74) is 2.15. The molecule has 0 aliphatic carbocycles. The number of benzene rings is 2. The predicted octanol–water partition coefficient (Wildman–Crippen LogP) is 3.62. The molecule has 0 radical (unpaired) electrons. The quantitative estimate of drug-likeness (QED) is 0.560. The molecule has 0 spiro atoms. The first-order valence-corrected chi connectivity index (χ1v) is 11.3. The number of carbonyl (C=O) groups is 2. The van der Waals surface area contributed by atoms with Gasteiger partial charge in [-0.3, -0.25) is 13.7 Å². The summed E-state index contributed by atoms with van der Waals surface area (Å²) < 4.78 is 32.6. The van der Waals surface area contributed by atoms with Crippen LogP contribution in [0.1, 0.15) is 34.1 Å². The molecule has 7 nitrogen and oxygen atoms in total. The van der Waals surface area contributed by atoms with E-state index in [0.717, 1.165) is 16.1 Å². The Balaban J connectivity index is 2.16. The number of para-hydroxylation sites is 1. The van der Waals surface area contributed by atoms with Crippen molar-refractivity contribution in [1.29, 1.82) is 0 Å². The third kappa shape index (κ3) is 3.95. The van der Waals surface area contributed by atoms with E-state index in [1.807, 2.05) is 6.92 Å². The number of sulfonamides is 1. The highest BCUT2D eigenvalue weighted by molar-refractivity contribution is 7.92. The van der Waals surface area contributed by atoms with E-state index in [1.165, 1.54) is 17.9 Å². The fourth-order valence-corrected chi connectivity index (χ4v) is 4.74. The van der Waals surface area contributed by atoms with Crippen LogP contribution < -0.4 is 4.31 Å². The van der Waals surface area contributed by atoms with Crippen LogP contribution in [0, 0.1) is 6.92 Å². The zero-order valence-electron chi connectivity index (χ0n) is 17.3. The lowest BCUT2D eigenvalue weighted by Gasteiger charge is -2.30. The van der Waals surface area contributed by atoms with Crippen LogP contribution in [-0.4, -0.2) is 44.3 Å². The monoisotopic (exact) mass is 428 g/mol. The maximum atomic E-state index is 13.5. The third-order valence-electron chi connectivity index (χ3n) is 4.96. The van der Waals surface area contributed by atoms with Gasteiger partial charge < -0.3 is 4.74 Å². The Morgan fingerprint density at radius 3 is 2.30 bits per heavy atom. The van der Waals surface area contributed by atoms with Gasteiger partial charge in [0, 0.05) is 11.6 Å². The molecule has 0 aliphatic heterocycles. The standard InChI is InChI=1S/C22H24N2O5S/c1-5-19(24(30(4,27)28)16-12-10-15(2)11-13-16)21(25)23-14-18(22(26)29-3)17-8-6-7-9-20(17)23/h6-14,19H,5H2,1-4H3/t19-/m1/s1. The van der Waals surface area contributed by atoms with Gasteiger partial charge in [0.2, 0.25) is 10.0 Å². The lowest BCUT2D eigenvalue weighted by Crippen LogP contribution is -2.46. The molecule has 8 heteroatoms. The number of hydrogen-bond acceptors (Lipinski definition) is 5. The van der Waals surface area contributed by atoms with E-state index in [9.17, 15) is 18.0 Å². The van der Waals surface area contributed by atoms with E-state index in [-0.39, 0.29) is 12.0 Å². The summed E-state index contributed by atoms with van der Waals surface area (Å²) in [6.45, 7) is 3.65. The molecule has 158 valence electrons. The van der Waals surface area contributed by atoms with Crippen molar-refractivity contribution in [2.45, 2.75) is 26.3 Å². The normalized spacial score (nSPS) is 12.5. The Kier molecular flexibility index (Phi) is 5.98. The van der Waals surface area contributed by atoms with Crippen molar-refractivity contribution in [3.8, 4) is 0 Å². The van der Waals surface area contributed by atoms with Crippen molar-refractivity contribution in [2.75, 3.05) is 17.7 Å². The first kappa shape index (κ1) is 21.6. The third-order valence-corrected chi connectivity index (χ3v) is 6.14. The van der Waals surface area contributed by atoms with Crippen LogP contribution in [0.5, 0.6) is 0 Å². The van der Waals surface area contributed by atoms with Crippen molar-refractivity contribution in [3.05, 3.63) is 65.9 Å². The van der Waals surface area contributed by atoms with E-state index < -0.39 is 27.9 Å². The Hall–Kier alpha value is -3.13. The molecule has 0 bridgehead atoms. The van der Waals surface area contributed by atoms with E-state index in [4.69, 9.17) is 4.74 Å². The van der Waals surface area contributed by atoms with Gasteiger partial charge in [0.05, 0.1) is 30.1 Å². The van der Waals surface area contributed by atoms with Gasteiger partial charge in [-0.2, -0.15) is 0 Å². The van der Waals surface area contributed by atoms with E-state index in [2.05, 4.69) is 0 Å². The first-order valence-electron chi connectivity index (χ1n) is 9.47. The average Bonchev–Trinajstić information content (AvgIpc) is 3.10. The van der Waals surface area contributed by atoms with E-state index >= 15 is 0 Å². The summed E-state index contributed by atoms with van der Waals surface area (Å²) in [5.74, 6) is -1.01. The van der Waals surface area contributed by atoms with Gasteiger partial charge in [0.25, 0.3) is 5.91 Å². The number of rotatable bonds is 6. The number of hydrogen-bond donors (Lipinski definition) is 0. The number of ether oxygens (including phenoxy) is 1. The second-order valence-corrected chi connectivity index (χ2v) is 8.94. The van der Waals surface area contributed by atoms with E-state index in [0.29, 0.717) is 16.6 Å². The highest BCUT2D eigenvalue weighted by atomic mass is 32.2. The molecule has 1 atom stereocenters. The molecule has 0 saturated carbocycles. The molecule has 30 heavy (non-hydrogen) atoms. The van der Waals surface area contributed by atoms with Crippen molar-refractivity contribution in [3.63, 3.8) is 0 Å². The number of aromatic nitrogens is 1. The molecule has 3 rings (SSSR count). The van der Waals surface area contributed by atoms with Gasteiger partial charge in [0.1, 0.15) is 6.04 Å². The highest BCUT2D eigenvalue weighted by Crippen LogP contribution is 2.27. The SMILES string of the molecule is CC[C@H](C(=O)n1cc(C(=O)OC)c2ccccc21)N(c1ccc(C)cc1)S(C)(=O)=O. The van der Waals surface area contributed by atoms with Crippen molar-refractivity contribution in [2.24, 2.45) is 0 Å². The van der Waals surface area contributed by atoms with Crippen LogP contribution in [-0.2, 0) is 14.8 Å². The number of carbonyl (C=O) groups excluding carboxylic acids is 2. The Labute approximate surface area is 175 Å². The molecule has 3 aromatic rings. The zero-order chi connectivity index (χ0) is 22.1. The molecule has 1 heterocycles. The fraction of sp³-hybridized carbons (Fsp3) is 0.273. The lowest BCUT2D eigenvalue weighted by atomic mass is 10.1. The second kappa shape index (κ2) is 8.31. The van der Waals surface area contributed by atoms with Crippen LogP contribution in [0.2, 0.25) is 0 Å². The van der Waals surface area contributed by atoms with Gasteiger partial charge >= 0.3 is 5.97 Å². The predicted molar refractivity (Wildman–Crippen MR) is 116 cm³/mol. The van der Waals surface area contributed by atoms with Crippen LogP contribution >= 0.6 is 0 Å². The van der Waals surface area contributed by atoms with Crippen LogP contribution in [0.4, 0.5) is 5.69 Å². The molecule has 0 saturated heterocycles. The number of fused-ring (bicyclic) bond motifs is 1. The number of methoxy groups -OCH3 is 1. The molecule has 0 unspecified atom stereocenters. The summed E-state index contributed by atoms with van der Waals surface area (Å²) in [5, 5.41) is 0.564. The Morgan fingerprint density at radius 2 is 1.73 bits per heavy atom. The summed E-state index contributed by atoms with van der Waals surface area (Å²) in [4.78, 5) is 25.7. The molecule has 0 amide bonds. The van der Waals surface area contributed by atoms with Crippen molar-refractivity contribution >= 4 is 38.5 Å². The maximum Gasteiger partial charge on any atom is 0.340 e. The van der Waals surface area contributed by atoms with Crippen LogP contribution in [0.15, 0.2) is 54.7 Å². The van der Waals surface area contributed by atoms with Gasteiger partial charge in [-0.1, -0.05) is 42.8 Å². The van der Waals surface area contributed by atoms with Gasteiger partial charge in [0.15, 0.2) is 0 Å². The van der Waals surface area contributed by atoms with Crippen LogP contribution in [0.25, 0.3) is 10.9 Å². The summed E-state index contributed by atoms with van der Waals surface area (Å²) in [6, 6.07) is 12.9. The highest BCUT2D eigenvalue weighted by Gasteiger charge is 2.33. The number of anilines is 1. The molecule has 1 aromatic heterocycles. The largest absolute Gasteiger partial charge is 0.465 e. The summed E-state index contributed by atoms with van der Waals surface area (Å²) in [7, 11) is -2.48. The second-order valence-electron chi connectivity index (χ2n) is 7.08. The van der Waals surface area contributed by atoms with Crippen molar-refractivity contribution in [1.82, 2.24) is 4.57 Å². The maximum absolute atomic E-state index is 13.5. The van der Waals surface area contributed by atoms with E-state index in [1.54, 1.807) is 55.5 Å². The van der Waals surface area contributed by atoms with Gasteiger partial charge in [-0.25, -0.2) is 13.2 Å². The molecular formula is C22H24N2O5S. The molecule has 0 N–H and O–H groups in total. The minimum atomic E-state index is -3.76. The lowest BCUT2D eigenvalue weighted by molar-refractivity contribution is 0.0603. The van der Waals surface area contributed by atoms with Gasteiger partial charge in [-0.15, -0.1) is 0 Å². The molecular weight excluding hydrogens is 404 g/mol. The topological polar surface area (TPSA) is 85.7 Å². The van der Waals surface area contributed by atoms with Crippen molar-refractivity contribution < 1.29 is 22.7 Å². The number of aryl methyl sites for hydroxylation is 1. The fourth-order valence-electron chi connectivity index (χ4n) is 3.53. The first-order chi connectivity index (χ1) is 14.2. The Bertz CT molecular complexity index is 1200. The average molecular weight is 429 g/mol. The molecule has 2 aromatic carbocycles. The smallest absolute Gasteiger partial charge is 0.340 e. The minimum Gasteiger partial charge on any atom is -0.465 e. The minimum absolute atomic E-state index is 0.248. The molecule has 0 fully saturated rings. The summed E-state index contributed by atoms with van der Waals surface area (Å²) in [6.07, 6.45) is 2.74. The summed E-state index contributed by atoms with van der Waals surface area (Å²) >= 11 is 0. The Morgan fingerprint density at radius 1 is 1.10 bits per heavy atom. The zero-order valence-corrected chi connectivity index (χ0v) is 18.1. The van der Waals surface area contributed by atoms with Crippen LogP contribution in [0.3, 0.4) is 0 Å². The number of esters is 1. The number of nitrogens with zero attached hydrogens (tertiary/aromatic N) is 2. The van der Waals surface area contributed by atoms with Gasteiger partial charge in [-0.05, 0) is 31.5 Å².